The smallest absolute Gasteiger partial charge is 0.234 e. The minimum atomic E-state index is -0.447. The van der Waals surface area contributed by atoms with E-state index in [0.29, 0.717) is 22.3 Å². The highest BCUT2D eigenvalue weighted by atomic mass is 79.9. The zero-order valence-corrected chi connectivity index (χ0v) is 24.4. The van der Waals surface area contributed by atoms with Crippen LogP contribution in [0.3, 0.4) is 0 Å². The van der Waals surface area contributed by atoms with Crippen molar-refractivity contribution < 1.29 is 19.2 Å². The molecule has 36 heavy (non-hydrogen) atoms. The fourth-order valence-corrected chi connectivity index (χ4v) is 5.69. The van der Waals surface area contributed by atoms with Gasteiger partial charge in [0, 0.05) is 40.1 Å². The highest BCUT2D eigenvalue weighted by Crippen LogP contribution is 2.37. The summed E-state index contributed by atoms with van der Waals surface area (Å²) in [5, 5.41) is 0. The van der Waals surface area contributed by atoms with Crippen molar-refractivity contribution in [3.63, 3.8) is 0 Å². The molecule has 176 valence electrons. The Bertz CT molecular complexity index is 1410. The van der Waals surface area contributed by atoms with Gasteiger partial charge in [-0.1, -0.05) is 88.0 Å². The molecule has 4 aromatic rings. The first-order chi connectivity index (χ1) is 17.2. The Morgan fingerprint density at radius 1 is 0.306 bits per heavy atom. The molecule has 0 fully saturated rings. The topological polar surface area (TPSA) is 68.3 Å². The Morgan fingerprint density at radius 2 is 0.500 bits per heavy atom. The number of hydrogen-bond acceptors (Lipinski definition) is 4. The summed E-state index contributed by atoms with van der Waals surface area (Å²) in [6.07, 6.45) is 0. The molecule has 0 aliphatic heterocycles. The van der Waals surface area contributed by atoms with Gasteiger partial charge in [-0.05, 0) is 70.8 Å². The van der Waals surface area contributed by atoms with Crippen LogP contribution < -0.4 is 0 Å². The number of ketones is 4. The van der Waals surface area contributed by atoms with Crippen molar-refractivity contribution >= 4 is 86.9 Å². The predicted octanol–water partition coefficient (Wildman–Crippen LogP) is 8.52. The molecular formula is C28H12Br4O4. The molecule has 6 rings (SSSR count). The van der Waals surface area contributed by atoms with E-state index in [1.54, 1.807) is 24.3 Å². The number of benzene rings is 4. The molecule has 0 atom stereocenters. The first-order valence-electron chi connectivity index (χ1n) is 10.5. The van der Waals surface area contributed by atoms with E-state index in [-0.39, 0.29) is 0 Å². The van der Waals surface area contributed by atoms with Crippen LogP contribution in [0.25, 0.3) is 22.3 Å². The molecule has 0 bridgehead atoms. The fourth-order valence-electron chi connectivity index (χ4n) is 4.25. The van der Waals surface area contributed by atoms with Crippen molar-refractivity contribution in [3.05, 3.63) is 113 Å². The molecule has 0 saturated carbocycles. The lowest BCUT2D eigenvalue weighted by atomic mass is 9.84. The summed E-state index contributed by atoms with van der Waals surface area (Å²) in [6.45, 7) is 0. The van der Waals surface area contributed by atoms with E-state index < -0.39 is 23.1 Å². The Balaban J connectivity index is 0.000000148. The Kier molecular flexibility index (Phi) is 6.80. The van der Waals surface area contributed by atoms with E-state index in [9.17, 15) is 19.2 Å². The monoisotopic (exact) mass is 728 g/mol. The number of Topliss-reactive ketones (excluding diaryl/α,β-unsaturated/α-hetero) is 4. The average Bonchev–Trinajstić information content (AvgIpc) is 2.86. The molecule has 4 aromatic carbocycles. The molecule has 0 spiro atoms. The molecular weight excluding hydrogens is 720 g/mol. The third-order valence-electron chi connectivity index (χ3n) is 5.90. The summed E-state index contributed by atoms with van der Waals surface area (Å²) in [4.78, 5) is 48.2. The number of carbonyl (C=O) groups excluding carboxylic acids is 4. The zero-order chi connectivity index (χ0) is 25.7. The van der Waals surface area contributed by atoms with Gasteiger partial charge in [0.25, 0.3) is 0 Å². The van der Waals surface area contributed by atoms with Crippen LogP contribution in [0.4, 0.5) is 0 Å². The predicted molar refractivity (Wildman–Crippen MR) is 152 cm³/mol. The standard InChI is InChI=1S/2C14H6Br2O2/c2*15-7-1-3-9-10-4-2-8(16)6-12(10)14(18)13(17)11(9)5-7/h2*1-6H. The van der Waals surface area contributed by atoms with Crippen molar-refractivity contribution in [2.24, 2.45) is 0 Å². The first-order valence-corrected chi connectivity index (χ1v) is 13.7. The molecule has 0 N–H and O–H groups in total. The highest BCUT2D eigenvalue weighted by Gasteiger charge is 2.31. The van der Waals surface area contributed by atoms with Gasteiger partial charge < -0.3 is 0 Å². The number of halogens is 4. The van der Waals surface area contributed by atoms with Crippen LogP contribution in [0, 0.1) is 0 Å². The van der Waals surface area contributed by atoms with E-state index in [1.165, 1.54) is 0 Å². The second-order valence-corrected chi connectivity index (χ2v) is 11.7. The van der Waals surface area contributed by atoms with E-state index in [2.05, 4.69) is 63.7 Å². The van der Waals surface area contributed by atoms with E-state index in [4.69, 9.17) is 0 Å². The summed E-state index contributed by atoms with van der Waals surface area (Å²) in [7, 11) is 0. The molecule has 0 saturated heterocycles. The number of hydrogen-bond donors (Lipinski definition) is 0. The number of fused-ring (bicyclic) bond motifs is 6. The number of rotatable bonds is 0. The lowest BCUT2D eigenvalue weighted by Gasteiger charge is -2.18. The fraction of sp³-hybridized carbons (Fsp3) is 0. The maximum Gasteiger partial charge on any atom is 0.234 e. The van der Waals surface area contributed by atoms with Gasteiger partial charge in [0.05, 0.1) is 0 Å². The summed E-state index contributed by atoms with van der Waals surface area (Å²) < 4.78 is 3.18. The maximum atomic E-state index is 12.1. The minimum absolute atomic E-state index is 0.447. The lowest BCUT2D eigenvalue weighted by molar-refractivity contribution is 0.0815. The SMILES string of the molecule is O=C1C(=O)c2cc(Br)ccc2-c2ccc(Br)cc21.O=C1C(=O)c2cc(Br)ccc2-c2ccc(Br)cc21. The van der Waals surface area contributed by atoms with Crippen molar-refractivity contribution in [2.75, 3.05) is 0 Å². The second-order valence-electron chi connectivity index (χ2n) is 8.08. The van der Waals surface area contributed by atoms with Crippen molar-refractivity contribution in [1.29, 1.82) is 0 Å². The molecule has 8 heteroatoms. The lowest BCUT2D eigenvalue weighted by Crippen LogP contribution is -2.21. The maximum absolute atomic E-state index is 12.1. The van der Waals surface area contributed by atoms with Crippen molar-refractivity contribution in [2.45, 2.75) is 0 Å². The van der Waals surface area contributed by atoms with Gasteiger partial charge in [-0.25, -0.2) is 0 Å². The largest absolute Gasteiger partial charge is 0.285 e. The van der Waals surface area contributed by atoms with Gasteiger partial charge in [-0.15, -0.1) is 0 Å². The normalized spacial score (nSPS) is 13.2. The highest BCUT2D eigenvalue weighted by molar-refractivity contribution is 9.11. The average molecular weight is 732 g/mol. The molecule has 0 amide bonds. The minimum Gasteiger partial charge on any atom is -0.285 e. The van der Waals surface area contributed by atoms with E-state index >= 15 is 0 Å². The van der Waals surface area contributed by atoms with Gasteiger partial charge in [-0.3, -0.25) is 19.2 Å². The summed E-state index contributed by atoms with van der Waals surface area (Å²) in [5.74, 6) is -1.79. The molecule has 2 aliphatic rings. The van der Waals surface area contributed by atoms with Crippen LogP contribution in [-0.2, 0) is 0 Å². The second kappa shape index (κ2) is 9.74. The third-order valence-corrected chi connectivity index (χ3v) is 7.87. The van der Waals surface area contributed by atoms with Gasteiger partial charge in [0.2, 0.25) is 23.1 Å². The molecule has 0 heterocycles. The van der Waals surface area contributed by atoms with Crippen LogP contribution in [-0.4, -0.2) is 23.1 Å². The van der Waals surface area contributed by atoms with E-state index in [1.807, 2.05) is 48.5 Å². The van der Waals surface area contributed by atoms with Crippen molar-refractivity contribution in [3.8, 4) is 22.3 Å². The van der Waals surface area contributed by atoms with Gasteiger partial charge in [0.15, 0.2) is 0 Å². The molecule has 0 radical (unpaired) electrons. The van der Waals surface area contributed by atoms with E-state index in [0.717, 1.165) is 40.1 Å². The summed E-state index contributed by atoms with van der Waals surface area (Å²) >= 11 is 13.3. The number of carbonyl (C=O) groups is 4. The summed E-state index contributed by atoms with van der Waals surface area (Å²) in [5.41, 5.74) is 5.09. The van der Waals surface area contributed by atoms with Crippen LogP contribution in [0.1, 0.15) is 41.4 Å². The van der Waals surface area contributed by atoms with Crippen LogP contribution in [0.2, 0.25) is 0 Å². The third kappa shape index (κ3) is 4.41. The quantitative estimate of drug-likeness (QED) is 0.170. The molecule has 0 aromatic heterocycles. The first kappa shape index (κ1) is 25.1. The van der Waals surface area contributed by atoms with Crippen molar-refractivity contribution in [1.82, 2.24) is 0 Å². The zero-order valence-electron chi connectivity index (χ0n) is 18.1. The molecule has 2 aliphatic carbocycles. The van der Waals surface area contributed by atoms with Gasteiger partial charge in [0.1, 0.15) is 0 Å². The Hall–Kier alpha value is -2.52. The Labute approximate surface area is 239 Å². The molecule has 0 unspecified atom stereocenters. The van der Waals surface area contributed by atoms with Gasteiger partial charge in [-0.2, -0.15) is 0 Å². The summed E-state index contributed by atoms with van der Waals surface area (Å²) in [6, 6.07) is 21.7. The Morgan fingerprint density at radius 3 is 0.694 bits per heavy atom. The van der Waals surface area contributed by atoms with Crippen LogP contribution in [0.15, 0.2) is 90.7 Å². The van der Waals surface area contributed by atoms with Crippen LogP contribution >= 0.6 is 63.7 Å². The van der Waals surface area contributed by atoms with Crippen LogP contribution in [0.5, 0.6) is 0 Å². The van der Waals surface area contributed by atoms with Gasteiger partial charge >= 0.3 is 0 Å². The molecule has 4 nitrogen and oxygen atoms in total.